The van der Waals surface area contributed by atoms with Gasteiger partial charge in [0.25, 0.3) is 5.91 Å². The molecule has 0 bridgehead atoms. The molecule has 0 aliphatic carbocycles. The Morgan fingerprint density at radius 2 is 2.05 bits per heavy atom. The van der Waals surface area contributed by atoms with E-state index in [1.807, 2.05) is 24.3 Å². The molecule has 1 atom stereocenters. The van der Waals surface area contributed by atoms with E-state index in [0.29, 0.717) is 17.8 Å². The van der Waals surface area contributed by atoms with Crippen molar-refractivity contribution in [1.82, 2.24) is 9.88 Å². The summed E-state index contributed by atoms with van der Waals surface area (Å²) in [7, 11) is 0. The second-order valence-corrected chi connectivity index (χ2v) is 5.51. The van der Waals surface area contributed by atoms with Crippen molar-refractivity contribution >= 4 is 23.2 Å². The van der Waals surface area contributed by atoms with Crippen LogP contribution < -0.4 is 0 Å². The molecule has 2 heterocycles. The Labute approximate surface area is 119 Å². The van der Waals surface area contributed by atoms with Crippen LogP contribution >= 0.6 is 11.3 Å². The first-order valence-corrected chi connectivity index (χ1v) is 7.04. The van der Waals surface area contributed by atoms with Crippen molar-refractivity contribution in [2.45, 2.75) is 19.0 Å². The molecule has 0 fully saturated rings. The van der Waals surface area contributed by atoms with Gasteiger partial charge in [-0.2, -0.15) is 0 Å². The first-order chi connectivity index (χ1) is 9.66. The van der Waals surface area contributed by atoms with E-state index >= 15 is 0 Å². The van der Waals surface area contributed by atoms with Crippen LogP contribution in [0, 0.1) is 0 Å². The molecule has 1 aliphatic rings. The van der Waals surface area contributed by atoms with Gasteiger partial charge in [-0.1, -0.05) is 24.3 Å². The zero-order valence-corrected chi connectivity index (χ0v) is 11.3. The molecule has 5 nitrogen and oxygen atoms in total. The molecule has 0 spiro atoms. The number of carbonyl (C=O) groups excluding carboxylic acids is 1. The largest absolute Gasteiger partial charge is 0.480 e. The Kier molecular flexibility index (Phi) is 3.23. The summed E-state index contributed by atoms with van der Waals surface area (Å²) in [6.07, 6.45) is 1.82. The van der Waals surface area contributed by atoms with Gasteiger partial charge in [-0.15, -0.1) is 11.3 Å². The van der Waals surface area contributed by atoms with E-state index in [1.165, 1.54) is 22.4 Å². The molecule has 2 aromatic rings. The molecule has 102 valence electrons. The third kappa shape index (κ3) is 2.18. The number of fused-ring (bicyclic) bond motifs is 1. The number of aromatic nitrogens is 1. The van der Waals surface area contributed by atoms with Crippen molar-refractivity contribution in [3.8, 4) is 0 Å². The summed E-state index contributed by atoms with van der Waals surface area (Å²) >= 11 is 1.22. The predicted octanol–water partition coefficient (Wildman–Crippen LogP) is 1.79. The van der Waals surface area contributed by atoms with Gasteiger partial charge >= 0.3 is 5.97 Å². The van der Waals surface area contributed by atoms with Crippen LogP contribution in [0.4, 0.5) is 0 Å². The topological polar surface area (TPSA) is 70.5 Å². The molecule has 1 aromatic carbocycles. The highest BCUT2D eigenvalue weighted by Gasteiger charge is 2.35. The highest BCUT2D eigenvalue weighted by Crippen LogP contribution is 2.25. The average molecular weight is 288 g/mol. The molecule has 1 N–H and O–H groups in total. The van der Waals surface area contributed by atoms with Crippen LogP contribution in [0.2, 0.25) is 0 Å². The molecule has 6 heteroatoms. The summed E-state index contributed by atoms with van der Waals surface area (Å²) in [5, 5.41) is 9.37. The van der Waals surface area contributed by atoms with Crippen LogP contribution in [0.3, 0.4) is 0 Å². The summed E-state index contributed by atoms with van der Waals surface area (Å²) in [6.45, 7) is 0.323. The van der Waals surface area contributed by atoms with Gasteiger partial charge in [0.2, 0.25) is 0 Å². The lowest BCUT2D eigenvalue weighted by Gasteiger charge is -2.34. The van der Waals surface area contributed by atoms with Crippen molar-refractivity contribution in [3.63, 3.8) is 0 Å². The minimum atomic E-state index is -0.975. The second-order valence-electron chi connectivity index (χ2n) is 4.63. The Balaban J connectivity index is 1.96. The van der Waals surface area contributed by atoms with Gasteiger partial charge < -0.3 is 10.0 Å². The number of aliphatic carboxylic acids is 1. The summed E-state index contributed by atoms with van der Waals surface area (Å²) in [5.74, 6) is -1.24. The molecule has 3 rings (SSSR count). The van der Waals surface area contributed by atoms with Crippen LogP contribution in [0.15, 0.2) is 36.0 Å². The van der Waals surface area contributed by atoms with Crippen molar-refractivity contribution in [1.29, 1.82) is 0 Å². The molecule has 0 saturated carbocycles. The fourth-order valence-electron chi connectivity index (χ4n) is 2.42. The molecule has 1 aromatic heterocycles. The van der Waals surface area contributed by atoms with Crippen LogP contribution in [0.5, 0.6) is 0 Å². The third-order valence-corrected chi connectivity index (χ3v) is 4.20. The second kappa shape index (κ2) is 5.05. The van der Waals surface area contributed by atoms with E-state index in [4.69, 9.17) is 0 Å². The number of carbonyl (C=O) groups is 2. The summed E-state index contributed by atoms with van der Waals surface area (Å²) in [5.41, 5.74) is 3.57. The number of benzene rings is 1. The number of carboxylic acids is 1. The molecule has 20 heavy (non-hydrogen) atoms. The quantitative estimate of drug-likeness (QED) is 0.914. The number of carboxylic acid groups (broad SMARTS) is 1. The number of nitrogens with zero attached hydrogens (tertiary/aromatic N) is 2. The standard InChI is InChI=1S/C14H12N2O3S/c17-13(12-6-15-8-20-12)16-7-10-4-2-1-3-9(10)5-11(16)14(18)19/h1-4,6,8,11H,5,7H2,(H,18,19)/t11-/m0/s1. The Bertz CT molecular complexity index is 654. The lowest BCUT2D eigenvalue weighted by molar-refractivity contribution is -0.142. The normalized spacial score (nSPS) is 17.6. The third-order valence-electron chi connectivity index (χ3n) is 3.44. The maximum Gasteiger partial charge on any atom is 0.326 e. The SMILES string of the molecule is O=C(O)[C@@H]1Cc2ccccc2CN1C(=O)c1cncs1. The molecular formula is C14H12N2O3S. The van der Waals surface area contributed by atoms with Crippen molar-refractivity contribution in [2.75, 3.05) is 0 Å². The number of amides is 1. The van der Waals surface area contributed by atoms with E-state index in [1.54, 1.807) is 5.51 Å². The lowest BCUT2D eigenvalue weighted by atomic mass is 9.94. The van der Waals surface area contributed by atoms with Gasteiger partial charge in [-0.25, -0.2) is 4.79 Å². The van der Waals surface area contributed by atoms with E-state index in [2.05, 4.69) is 4.98 Å². The average Bonchev–Trinajstić information content (AvgIpc) is 2.99. The van der Waals surface area contributed by atoms with Crippen LogP contribution in [0.1, 0.15) is 20.8 Å². The number of thiazole rings is 1. The number of hydrogen-bond acceptors (Lipinski definition) is 4. The fourth-order valence-corrected chi connectivity index (χ4v) is 3.00. The van der Waals surface area contributed by atoms with E-state index in [0.717, 1.165) is 11.1 Å². The monoisotopic (exact) mass is 288 g/mol. The maximum absolute atomic E-state index is 12.4. The first kappa shape index (κ1) is 12.8. The molecule has 1 aliphatic heterocycles. The summed E-state index contributed by atoms with van der Waals surface area (Å²) in [4.78, 5) is 29.6. The predicted molar refractivity (Wildman–Crippen MR) is 73.6 cm³/mol. The molecule has 0 radical (unpaired) electrons. The van der Waals surface area contributed by atoms with Gasteiger partial charge in [0.05, 0.1) is 11.7 Å². The summed E-state index contributed by atoms with van der Waals surface area (Å²) in [6, 6.07) is 6.81. The Hall–Kier alpha value is -2.21. The Morgan fingerprint density at radius 3 is 2.70 bits per heavy atom. The van der Waals surface area contributed by atoms with Gasteiger partial charge in [0.1, 0.15) is 10.9 Å². The first-order valence-electron chi connectivity index (χ1n) is 6.16. The smallest absolute Gasteiger partial charge is 0.326 e. The molecule has 0 unspecified atom stereocenters. The van der Waals surface area contributed by atoms with Gasteiger partial charge in [-0.3, -0.25) is 9.78 Å². The van der Waals surface area contributed by atoms with Crippen molar-refractivity contribution < 1.29 is 14.7 Å². The van der Waals surface area contributed by atoms with Crippen molar-refractivity contribution in [3.05, 3.63) is 52.0 Å². The van der Waals surface area contributed by atoms with E-state index < -0.39 is 12.0 Å². The fraction of sp³-hybridized carbons (Fsp3) is 0.214. The molecule has 0 saturated heterocycles. The maximum atomic E-state index is 12.4. The Morgan fingerprint density at radius 1 is 1.30 bits per heavy atom. The van der Waals surface area contributed by atoms with Gasteiger partial charge in [0, 0.05) is 13.0 Å². The zero-order chi connectivity index (χ0) is 14.1. The number of rotatable bonds is 2. The molecule has 1 amide bonds. The van der Waals surface area contributed by atoms with Crippen LogP contribution in [-0.4, -0.2) is 32.9 Å². The van der Waals surface area contributed by atoms with Gasteiger partial charge in [0.15, 0.2) is 0 Å². The van der Waals surface area contributed by atoms with E-state index in [9.17, 15) is 14.7 Å². The zero-order valence-electron chi connectivity index (χ0n) is 10.5. The summed E-state index contributed by atoms with van der Waals surface area (Å²) < 4.78 is 0. The van der Waals surface area contributed by atoms with Gasteiger partial charge in [-0.05, 0) is 11.1 Å². The van der Waals surface area contributed by atoms with Crippen molar-refractivity contribution in [2.24, 2.45) is 0 Å². The van der Waals surface area contributed by atoms with E-state index in [-0.39, 0.29) is 5.91 Å². The van der Waals surface area contributed by atoms with Crippen LogP contribution in [0.25, 0.3) is 0 Å². The highest BCUT2D eigenvalue weighted by molar-refractivity contribution is 7.11. The molecular weight excluding hydrogens is 276 g/mol. The minimum absolute atomic E-state index is 0.269. The number of hydrogen-bond donors (Lipinski definition) is 1. The highest BCUT2D eigenvalue weighted by atomic mass is 32.1. The minimum Gasteiger partial charge on any atom is -0.480 e. The van der Waals surface area contributed by atoms with Crippen LogP contribution in [-0.2, 0) is 17.8 Å². The lowest BCUT2D eigenvalue weighted by Crippen LogP contribution is -2.48.